The van der Waals surface area contributed by atoms with Crippen molar-refractivity contribution >= 4 is 12.0 Å². The fraction of sp³-hybridized carbons (Fsp3) is 0.438. The number of rotatable bonds is 5. The first-order chi connectivity index (χ1) is 8.49. The van der Waals surface area contributed by atoms with E-state index in [1.807, 2.05) is 18.2 Å². The number of hydrogen-bond acceptors (Lipinski definition) is 1. The normalized spacial score (nSPS) is 11.4. The smallest absolute Gasteiger partial charge is 0.244 e. The van der Waals surface area contributed by atoms with Gasteiger partial charge in [-0.1, -0.05) is 52.0 Å². The maximum Gasteiger partial charge on any atom is 0.244 e. The molecule has 98 valence electrons. The first-order valence-electron chi connectivity index (χ1n) is 6.55. The van der Waals surface area contributed by atoms with Gasteiger partial charge in [0, 0.05) is 12.6 Å². The second-order valence-electron chi connectivity index (χ2n) is 5.29. The summed E-state index contributed by atoms with van der Waals surface area (Å²) in [7, 11) is 0. The first-order valence-corrected chi connectivity index (χ1v) is 6.55. The zero-order valence-corrected chi connectivity index (χ0v) is 11.7. The highest BCUT2D eigenvalue weighted by Gasteiger charge is 1.99. The summed E-state index contributed by atoms with van der Waals surface area (Å²) >= 11 is 0. The molecule has 2 nitrogen and oxygen atoms in total. The van der Waals surface area contributed by atoms with Gasteiger partial charge in [-0.15, -0.1) is 0 Å². The van der Waals surface area contributed by atoms with Gasteiger partial charge in [0.15, 0.2) is 0 Å². The van der Waals surface area contributed by atoms with Crippen LogP contribution in [0.1, 0.15) is 44.7 Å². The minimum absolute atomic E-state index is 0.0309. The molecule has 1 amide bonds. The minimum atomic E-state index is -0.0309. The van der Waals surface area contributed by atoms with Crippen LogP contribution in [-0.4, -0.2) is 12.5 Å². The van der Waals surface area contributed by atoms with Crippen molar-refractivity contribution in [2.75, 3.05) is 6.54 Å². The second kappa shape index (κ2) is 7.00. The summed E-state index contributed by atoms with van der Waals surface area (Å²) in [6.07, 6.45) is 3.44. The van der Waals surface area contributed by atoms with Crippen LogP contribution in [0.2, 0.25) is 0 Å². The molecule has 0 bridgehead atoms. The van der Waals surface area contributed by atoms with Crippen LogP contribution in [0, 0.1) is 5.92 Å². The van der Waals surface area contributed by atoms with Gasteiger partial charge in [-0.25, -0.2) is 0 Å². The van der Waals surface area contributed by atoms with E-state index in [1.165, 1.54) is 5.56 Å². The Hall–Kier alpha value is -1.57. The molecule has 0 saturated heterocycles. The summed E-state index contributed by atoms with van der Waals surface area (Å²) in [5, 5.41) is 2.86. The van der Waals surface area contributed by atoms with E-state index in [2.05, 4.69) is 45.1 Å². The predicted octanol–water partition coefficient (Wildman–Crippen LogP) is 3.60. The quantitative estimate of drug-likeness (QED) is 0.789. The summed E-state index contributed by atoms with van der Waals surface area (Å²) in [4.78, 5) is 11.5. The van der Waals surface area contributed by atoms with Crippen LogP contribution in [0.5, 0.6) is 0 Å². The molecule has 1 rings (SSSR count). The highest BCUT2D eigenvalue weighted by molar-refractivity contribution is 5.91. The van der Waals surface area contributed by atoms with Gasteiger partial charge in [0.25, 0.3) is 0 Å². The molecule has 0 saturated carbocycles. The van der Waals surface area contributed by atoms with Gasteiger partial charge in [-0.2, -0.15) is 0 Å². The summed E-state index contributed by atoms with van der Waals surface area (Å²) in [6.45, 7) is 9.22. The van der Waals surface area contributed by atoms with E-state index >= 15 is 0 Å². The van der Waals surface area contributed by atoms with Gasteiger partial charge >= 0.3 is 0 Å². The number of nitrogens with one attached hydrogen (secondary N) is 1. The molecular weight excluding hydrogens is 222 g/mol. The van der Waals surface area contributed by atoms with Crippen LogP contribution >= 0.6 is 0 Å². The van der Waals surface area contributed by atoms with Crippen LogP contribution in [-0.2, 0) is 4.79 Å². The van der Waals surface area contributed by atoms with Gasteiger partial charge in [0.2, 0.25) is 5.91 Å². The van der Waals surface area contributed by atoms with E-state index in [9.17, 15) is 4.79 Å². The standard InChI is InChI=1S/C16H23NO/c1-12(2)11-17-16(18)10-7-14-5-8-15(9-6-14)13(3)4/h5-10,12-13H,11H2,1-4H3,(H,17,18)/b10-7+. The molecule has 0 aromatic heterocycles. The molecule has 18 heavy (non-hydrogen) atoms. The average molecular weight is 245 g/mol. The third kappa shape index (κ3) is 5.17. The Bertz CT molecular complexity index is 402. The lowest BCUT2D eigenvalue weighted by Crippen LogP contribution is -2.25. The number of amides is 1. The molecule has 0 fully saturated rings. The Morgan fingerprint density at radius 3 is 2.28 bits per heavy atom. The molecule has 0 aliphatic heterocycles. The Morgan fingerprint density at radius 1 is 1.17 bits per heavy atom. The Balaban J connectivity index is 2.53. The number of carbonyl (C=O) groups excluding carboxylic acids is 1. The van der Waals surface area contributed by atoms with Crippen molar-refractivity contribution in [3.8, 4) is 0 Å². The van der Waals surface area contributed by atoms with Crippen LogP contribution < -0.4 is 5.32 Å². The van der Waals surface area contributed by atoms with Crippen LogP contribution in [0.3, 0.4) is 0 Å². The summed E-state index contributed by atoms with van der Waals surface area (Å²) in [6, 6.07) is 8.30. The molecule has 0 unspecified atom stereocenters. The Labute approximate surface area is 110 Å². The van der Waals surface area contributed by atoms with E-state index in [0.29, 0.717) is 11.8 Å². The van der Waals surface area contributed by atoms with Crippen molar-refractivity contribution in [3.63, 3.8) is 0 Å². The van der Waals surface area contributed by atoms with Crippen molar-refractivity contribution in [2.24, 2.45) is 5.92 Å². The van der Waals surface area contributed by atoms with E-state index < -0.39 is 0 Å². The Morgan fingerprint density at radius 2 is 1.78 bits per heavy atom. The van der Waals surface area contributed by atoms with E-state index in [4.69, 9.17) is 0 Å². The third-order valence-corrected chi connectivity index (χ3v) is 2.71. The molecule has 0 atom stereocenters. The van der Waals surface area contributed by atoms with Crippen molar-refractivity contribution in [1.82, 2.24) is 5.32 Å². The summed E-state index contributed by atoms with van der Waals surface area (Å²) in [5.41, 5.74) is 2.37. The van der Waals surface area contributed by atoms with Crippen molar-refractivity contribution in [3.05, 3.63) is 41.5 Å². The number of hydrogen-bond donors (Lipinski definition) is 1. The molecule has 0 radical (unpaired) electrons. The van der Waals surface area contributed by atoms with Crippen LogP contribution in [0.25, 0.3) is 6.08 Å². The minimum Gasteiger partial charge on any atom is -0.352 e. The maximum absolute atomic E-state index is 11.5. The van der Waals surface area contributed by atoms with Gasteiger partial charge in [-0.3, -0.25) is 4.79 Å². The van der Waals surface area contributed by atoms with E-state index in [-0.39, 0.29) is 5.91 Å². The fourth-order valence-corrected chi connectivity index (χ4v) is 1.53. The molecule has 1 aromatic carbocycles. The third-order valence-electron chi connectivity index (χ3n) is 2.71. The van der Waals surface area contributed by atoms with E-state index in [1.54, 1.807) is 6.08 Å². The number of carbonyl (C=O) groups is 1. The SMILES string of the molecule is CC(C)CNC(=O)/C=C/c1ccc(C(C)C)cc1. The van der Waals surface area contributed by atoms with Crippen molar-refractivity contribution in [2.45, 2.75) is 33.6 Å². The van der Waals surface area contributed by atoms with E-state index in [0.717, 1.165) is 12.1 Å². The first kappa shape index (κ1) is 14.5. The predicted molar refractivity (Wildman–Crippen MR) is 77.4 cm³/mol. The van der Waals surface area contributed by atoms with Crippen LogP contribution in [0.4, 0.5) is 0 Å². The number of benzene rings is 1. The molecule has 0 spiro atoms. The van der Waals surface area contributed by atoms with Crippen molar-refractivity contribution < 1.29 is 4.79 Å². The largest absolute Gasteiger partial charge is 0.352 e. The summed E-state index contributed by atoms with van der Waals surface area (Å²) in [5.74, 6) is 0.988. The average Bonchev–Trinajstić information content (AvgIpc) is 2.34. The second-order valence-corrected chi connectivity index (χ2v) is 5.29. The highest BCUT2D eigenvalue weighted by Crippen LogP contribution is 2.15. The molecular formula is C16H23NO. The monoisotopic (exact) mass is 245 g/mol. The molecule has 1 aromatic rings. The lowest BCUT2D eigenvalue weighted by atomic mass is 10.0. The summed E-state index contributed by atoms with van der Waals surface area (Å²) < 4.78 is 0. The Kier molecular flexibility index (Phi) is 5.63. The van der Waals surface area contributed by atoms with Crippen LogP contribution in [0.15, 0.2) is 30.3 Å². The van der Waals surface area contributed by atoms with Crippen molar-refractivity contribution in [1.29, 1.82) is 0 Å². The van der Waals surface area contributed by atoms with Gasteiger partial charge in [0.05, 0.1) is 0 Å². The highest BCUT2D eigenvalue weighted by atomic mass is 16.1. The molecule has 0 aliphatic rings. The van der Waals surface area contributed by atoms with Gasteiger partial charge in [-0.05, 0) is 29.0 Å². The molecule has 2 heteroatoms. The zero-order valence-electron chi connectivity index (χ0n) is 11.7. The molecule has 1 N–H and O–H groups in total. The molecule has 0 aliphatic carbocycles. The fourth-order valence-electron chi connectivity index (χ4n) is 1.53. The maximum atomic E-state index is 11.5. The van der Waals surface area contributed by atoms with Gasteiger partial charge < -0.3 is 5.32 Å². The molecule has 0 heterocycles. The van der Waals surface area contributed by atoms with Gasteiger partial charge in [0.1, 0.15) is 0 Å². The lowest BCUT2D eigenvalue weighted by Gasteiger charge is -2.05. The lowest BCUT2D eigenvalue weighted by molar-refractivity contribution is -0.116. The zero-order chi connectivity index (χ0) is 13.5. The topological polar surface area (TPSA) is 29.1 Å².